The Morgan fingerprint density at radius 3 is 2.36 bits per heavy atom. The molecule has 12 heteroatoms. The average Bonchev–Trinajstić information content (AvgIpc) is 3.25. The third kappa shape index (κ3) is 4.74. The molecule has 0 saturated carbocycles. The van der Waals surface area contributed by atoms with E-state index in [4.69, 9.17) is 15.9 Å². The molecule has 4 aromatic rings. The summed E-state index contributed by atoms with van der Waals surface area (Å²) in [6.07, 6.45) is 4.42. The summed E-state index contributed by atoms with van der Waals surface area (Å²) in [6, 6.07) is 5.34. The van der Waals surface area contributed by atoms with Gasteiger partial charge in [0.15, 0.2) is 11.7 Å². The molecule has 0 aliphatic carbocycles. The molecule has 0 atom stereocenters. The van der Waals surface area contributed by atoms with Crippen molar-refractivity contribution in [3.05, 3.63) is 65.8 Å². The SMILES string of the molecule is Cc1nc(-c2nc(N(C(N)=O)c3cc(-c4ccnc(C(C)(C)O)n4)ncc3C)ccc2C(N)=O)co1. The number of hydrogen-bond donors (Lipinski definition) is 3. The van der Waals surface area contributed by atoms with Gasteiger partial charge in [0.2, 0.25) is 0 Å². The summed E-state index contributed by atoms with van der Waals surface area (Å²) < 4.78 is 5.26. The number of aromatic nitrogens is 5. The van der Waals surface area contributed by atoms with E-state index in [1.807, 2.05) is 0 Å². The molecule has 3 amide bonds. The maximum Gasteiger partial charge on any atom is 0.325 e. The first kappa shape index (κ1) is 24.4. The molecule has 0 unspecified atom stereocenters. The first-order valence-electron chi connectivity index (χ1n) is 10.8. The van der Waals surface area contributed by atoms with Crippen LogP contribution in [0.1, 0.15) is 41.5 Å². The van der Waals surface area contributed by atoms with Crippen LogP contribution in [0.4, 0.5) is 16.3 Å². The van der Waals surface area contributed by atoms with Crippen molar-refractivity contribution in [3.8, 4) is 22.8 Å². The lowest BCUT2D eigenvalue weighted by Crippen LogP contribution is -2.33. The fourth-order valence-corrected chi connectivity index (χ4v) is 3.48. The summed E-state index contributed by atoms with van der Waals surface area (Å²) in [7, 11) is 0. The van der Waals surface area contributed by atoms with Crippen molar-refractivity contribution in [2.45, 2.75) is 33.3 Å². The van der Waals surface area contributed by atoms with Crippen LogP contribution in [0.15, 0.2) is 47.3 Å². The molecule has 12 nitrogen and oxygen atoms in total. The van der Waals surface area contributed by atoms with E-state index in [1.54, 1.807) is 46.0 Å². The third-order valence-electron chi connectivity index (χ3n) is 5.24. The second-order valence-electron chi connectivity index (χ2n) is 8.54. The largest absolute Gasteiger partial charge is 0.449 e. The zero-order valence-corrected chi connectivity index (χ0v) is 20.1. The number of primary amides is 2. The summed E-state index contributed by atoms with van der Waals surface area (Å²) >= 11 is 0. The topological polar surface area (TPSA) is 187 Å². The van der Waals surface area contributed by atoms with E-state index in [1.165, 1.54) is 29.5 Å². The highest BCUT2D eigenvalue weighted by Crippen LogP contribution is 2.32. The first-order valence-corrected chi connectivity index (χ1v) is 10.8. The molecule has 0 aliphatic heterocycles. The number of urea groups is 1. The van der Waals surface area contributed by atoms with E-state index >= 15 is 0 Å². The smallest absolute Gasteiger partial charge is 0.325 e. The minimum atomic E-state index is -1.26. The second kappa shape index (κ2) is 9.15. The molecule has 184 valence electrons. The Morgan fingerprint density at radius 2 is 1.75 bits per heavy atom. The van der Waals surface area contributed by atoms with E-state index in [9.17, 15) is 14.7 Å². The number of pyridine rings is 2. The van der Waals surface area contributed by atoms with Gasteiger partial charge >= 0.3 is 6.03 Å². The molecule has 0 saturated heterocycles. The van der Waals surface area contributed by atoms with E-state index < -0.39 is 17.5 Å². The Hall–Kier alpha value is -4.71. The summed E-state index contributed by atoms with van der Waals surface area (Å²) in [5.41, 5.74) is 12.4. The molecule has 4 aromatic heterocycles. The Balaban J connectivity index is 1.85. The van der Waals surface area contributed by atoms with Crippen LogP contribution in [0.3, 0.4) is 0 Å². The Labute approximate surface area is 206 Å². The number of aliphatic hydroxyl groups is 1. The number of amides is 3. The number of anilines is 2. The first-order chi connectivity index (χ1) is 17.0. The minimum Gasteiger partial charge on any atom is -0.449 e. The highest BCUT2D eigenvalue weighted by molar-refractivity contribution is 6.01. The van der Waals surface area contributed by atoms with Gasteiger partial charge in [-0.3, -0.25) is 9.78 Å². The predicted molar refractivity (Wildman–Crippen MR) is 130 cm³/mol. The monoisotopic (exact) mass is 488 g/mol. The van der Waals surface area contributed by atoms with Crippen molar-refractivity contribution in [1.82, 2.24) is 24.9 Å². The van der Waals surface area contributed by atoms with Gasteiger partial charge in [-0.15, -0.1) is 0 Å². The second-order valence-corrected chi connectivity index (χ2v) is 8.54. The molecule has 4 rings (SSSR count). The average molecular weight is 489 g/mol. The zero-order valence-electron chi connectivity index (χ0n) is 20.1. The number of nitrogens with zero attached hydrogens (tertiary/aromatic N) is 6. The molecular formula is C24H24N8O4. The molecule has 0 aliphatic rings. The lowest BCUT2D eigenvalue weighted by molar-refractivity contribution is 0.0688. The van der Waals surface area contributed by atoms with Gasteiger partial charge in [-0.05, 0) is 50.6 Å². The van der Waals surface area contributed by atoms with E-state index in [-0.39, 0.29) is 28.6 Å². The minimum absolute atomic E-state index is 0.101. The summed E-state index contributed by atoms with van der Waals surface area (Å²) in [6.45, 7) is 6.55. The molecule has 0 radical (unpaired) electrons. The van der Waals surface area contributed by atoms with Crippen LogP contribution in [0.2, 0.25) is 0 Å². The number of rotatable bonds is 6. The Kier molecular flexibility index (Phi) is 6.21. The van der Waals surface area contributed by atoms with Crippen molar-refractivity contribution >= 4 is 23.4 Å². The lowest BCUT2D eigenvalue weighted by atomic mass is 10.1. The van der Waals surface area contributed by atoms with Crippen LogP contribution < -0.4 is 16.4 Å². The zero-order chi connectivity index (χ0) is 26.2. The number of carbonyl (C=O) groups is 2. The summed E-state index contributed by atoms with van der Waals surface area (Å²) in [4.78, 5) is 47.5. The van der Waals surface area contributed by atoms with Crippen LogP contribution in [0, 0.1) is 13.8 Å². The maximum atomic E-state index is 12.7. The highest BCUT2D eigenvalue weighted by atomic mass is 16.3. The normalized spacial score (nSPS) is 11.4. The Morgan fingerprint density at radius 1 is 1.00 bits per heavy atom. The molecular weight excluding hydrogens is 464 g/mol. The van der Waals surface area contributed by atoms with Gasteiger partial charge in [-0.1, -0.05) is 0 Å². The van der Waals surface area contributed by atoms with Crippen molar-refractivity contribution in [2.75, 3.05) is 4.90 Å². The van der Waals surface area contributed by atoms with Gasteiger partial charge in [0.25, 0.3) is 5.91 Å². The molecule has 0 fully saturated rings. The molecule has 4 heterocycles. The van der Waals surface area contributed by atoms with Crippen molar-refractivity contribution in [1.29, 1.82) is 0 Å². The van der Waals surface area contributed by atoms with Gasteiger partial charge in [-0.25, -0.2) is 29.6 Å². The van der Waals surface area contributed by atoms with Gasteiger partial charge in [0, 0.05) is 19.3 Å². The van der Waals surface area contributed by atoms with Crippen LogP contribution in [-0.4, -0.2) is 42.0 Å². The summed E-state index contributed by atoms with van der Waals surface area (Å²) in [5, 5.41) is 10.3. The molecule has 0 spiro atoms. The van der Waals surface area contributed by atoms with Crippen molar-refractivity contribution < 1.29 is 19.1 Å². The number of aryl methyl sites for hydroxylation is 2. The maximum absolute atomic E-state index is 12.7. The van der Waals surface area contributed by atoms with Gasteiger partial charge < -0.3 is 21.0 Å². The highest BCUT2D eigenvalue weighted by Gasteiger charge is 2.25. The van der Waals surface area contributed by atoms with Crippen molar-refractivity contribution in [2.24, 2.45) is 11.5 Å². The molecule has 36 heavy (non-hydrogen) atoms. The summed E-state index contributed by atoms with van der Waals surface area (Å²) in [5.74, 6) is -0.0106. The van der Waals surface area contributed by atoms with E-state index in [2.05, 4.69) is 24.9 Å². The lowest BCUT2D eigenvalue weighted by Gasteiger charge is -2.23. The van der Waals surface area contributed by atoms with Crippen LogP contribution in [0.25, 0.3) is 22.8 Å². The van der Waals surface area contributed by atoms with Crippen LogP contribution in [-0.2, 0) is 5.60 Å². The quantitative estimate of drug-likeness (QED) is 0.366. The van der Waals surface area contributed by atoms with E-state index in [0.717, 1.165) is 0 Å². The predicted octanol–water partition coefficient (Wildman–Crippen LogP) is 2.75. The molecule has 5 N–H and O–H groups in total. The molecule has 0 bridgehead atoms. The van der Waals surface area contributed by atoms with Crippen molar-refractivity contribution in [3.63, 3.8) is 0 Å². The number of nitrogens with two attached hydrogens (primary N) is 2. The Bertz CT molecular complexity index is 1480. The number of hydrogen-bond acceptors (Lipinski definition) is 9. The third-order valence-corrected chi connectivity index (χ3v) is 5.24. The molecule has 0 aromatic carbocycles. The fraction of sp³-hybridized carbons (Fsp3) is 0.208. The van der Waals surface area contributed by atoms with Crippen LogP contribution >= 0.6 is 0 Å². The fourth-order valence-electron chi connectivity index (χ4n) is 3.48. The van der Waals surface area contributed by atoms with E-state index in [0.29, 0.717) is 28.5 Å². The number of carbonyl (C=O) groups excluding carboxylic acids is 2. The van der Waals surface area contributed by atoms with Gasteiger partial charge in [0.05, 0.1) is 22.6 Å². The van der Waals surface area contributed by atoms with Crippen LogP contribution in [0.5, 0.6) is 0 Å². The standard InChI is InChI=1S/C24H24N8O4/c1-12-10-28-16(15-7-8-27-22(30-15)24(3,4)35)9-18(12)32(23(26)34)19-6-5-14(21(25)33)20(31-19)17-11-36-13(2)29-17/h5-11,35H,1-4H3,(H2,25,33)(H2,26,34). The number of oxazole rings is 1. The van der Waals surface area contributed by atoms with Gasteiger partial charge in [0.1, 0.15) is 29.1 Å². The van der Waals surface area contributed by atoms with Gasteiger partial charge in [-0.2, -0.15) is 0 Å².